The molecule has 0 amide bonds. The molecule has 0 aliphatic rings. The quantitative estimate of drug-likeness (QED) is 0.741. The second-order valence-corrected chi connectivity index (χ2v) is 4.02. The van der Waals surface area contributed by atoms with Crippen LogP contribution < -0.4 is 0 Å². The number of aromatic nitrogens is 2. The molecule has 90 valence electrons. The lowest BCUT2D eigenvalue weighted by molar-refractivity contribution is -0.118. The van der Waals surface area contributed by atoms with Gasteiger partial charge in [0, 0.05) is 13.5 Å². The van der Waals surface area contributed by atoms with Crippen LogP contribution in [0.1, 0.15) is 45.0 Å². The van der Waals surface area contributed by atoms with Crippen molar-refractivity contribution in [2.45, 2.75) is 39.7 Å². The monoisotopic (exact) mass is 226 g/mol. The minimum atomic E-state index is -0.186. The Labute approximate surface area is 95.2 Å². The summed E-state index contributed by atoms with van der Waals surface area (Å²) in [5.74, 6) is 1.23. The van der Waals surface area contributed by atoms with E-state index in [0.717, 1.165) is 0 Å². The van der Waals surface area contributed by atoms with Gasteiger partial charge in [0.15, 0.2) is 0 Å². The molecular weight excluding hydrogens is 208 g/mol. The Morgan fingerprint density at radius 1 is 1.50 bits per heavy atom. The van der Waals surface area contributed by atoms with Gasteiger partial charge in [-0.1, -0.05) is 25.9 Å². The van der Waals surface area contributed by atoms with Crippen LogP contribution in [0.3, 0.4) is 0 Å². The summed E-state index contributed by atoms with van der Waals surface area (Å²) in [6.07, 6.45) is 0.502. The van der Waals surface area contributed by atoms with E-state index in [2.05, 4.69) is 10.1 Å². The molecule has 16 heavy (non-hydrogen) atoms. The van der Waals surface area contributed by atoms with Gasteiger partial charge in [0.1, 0.15) is 11.9 Å². The molecule has 1 rings (SSSR count). The maximum absolute atomic E-state index is 11.2. The number of carbonyl (C=O) groups excluding carboxylic acids is 1. The van der Waals surface area contributed by atoms with Gasteiger partial charge in [0.2, 0.25) is 11.7 Å². The maximum atomic E-state index is 11.2. The summed E-state index contributed by atoms with van der Waals surface area (Å²) in [6.45, 7) is 5.84. The number of carbonyl (C=O) groups is 1. The van der Waals surface area contributed by atoms with Crippen LogP contribution in [0.4, 0.5) is 0 Å². The van der Waals surface area contributed by atoms with Gasteiger partial charge in [-0.15, -0.1) is 0 Å². The van der Waals surface area contributed by atoms with Gasteiger partial charge >= 0.3 is 0 Å². The highest BCUT2D eigenvalue weighted by atomic mass is 16.5. The van der Waals surface area contributed by atoms with Crippen molar-refractivity contribution in [2.75, 3.05) is 7.11 Å². The van der Waals surface area contributed by atoms with Gasteiger partial charge in [0.25, 0.3) is 0 Å². The summed E-state index contributed by atoms with van der Waals surface area (Å²) in [5.41, 5.74) is 0. The standard InChI is InChI=1S/C11H18N2O3/c1-5-8(14)6-9-12-11(13-16-9)10(15-4)7(2)3/h7,10H,5-6H2,1-4H3. The Morgan fingerprint density at radius 3 is 2.69 bits per heavy atom. The molecule has 5 heteroatoms. The Hall–Kier alpha value is -1.23. The number of rotatable bonds is 6. The first kappa shape index (κ1) is 12.8. The highest BCUT2D eigenvalue weighted by Crippen LogP contribution is 2.22. The van der Waals surface area contributed by atoms with E-state index in [9.17, 15) is 4.79 Å². The minimum Gasteiger partial charge on any atom is -0.373 e. The van der Waals surface area contributed by atoms with Crippen molar-refractivity contribution in [3.8, 4) is 0 Å². The minimum absolute atomic E-state index is 0.0914. The van der Waals surface area contributed by atoms with Crippen molar-refractivity contribution < 1.29 is 14.1 Å². The highest BCUT2D eigenvalue weighted by molar-refractivity contribution is 5.79. The number of hydrogen-bond donors (Lipinski definition) is 0. The first-order valence-corrected chi connectivity index (χ1v) is 5.45. The molecule has 0 aliphatic carbocycles. The Kier molecular flexibility index (Phi) is 4.61. The van der Waals surface area contributed by atoms with Crippen molar-refractivity contribution in [3.63, 3.8) is 0 Å². The third-order valence-corrected chi connectivity index (χ3v) is 2.34. The molecule has 0 spiro atoms. The van der Waals surface area contributed by atoms with Crippen molar-refractivity contribution in [3.05, 3.63) is 11.7 Å². The molecule has 1 aromatic heterocycles. The summed E-state index contributed by atoms with van der Waals surface area (Å²) in [5, 5.41) is 3.83. The molecule has 0 aromatic carbocycles. The molecule has 1 unspecified atom stereocenters. The van der Waals surface area contributed by atoms with E-state index in [1.807, 2.05) is 20.8 Å². The third kappa shape index (κ3) is 3.13. The molecule has 0 N–H and O–H groups in total. The lowest BCUT2D eigenvalue weighted by atomic mass is 10.1. The average Bonchev–Trinajstić information content (AvgIpc) is 2.66. The Bertz CT molecular complexity index is 347. The van der Waals surface area contributed by atoms with Gasteiger partial charge in [0.05, 0.1) is 6.42 Å². The molecule has 0 bridgehead atoms. The summed E-state index contributed by atoms with van der Waals surface area (Å²) in [7, 11) is 1.61. The lowest BCUT2D eigenvalue weighted by Gasteiger charge is -2.14. The zero-order valence-electron chi connectivity index (χ0n) is 10.2. The van der Waals surface area contributed by atoms with Crippen LogP contribution >= 0.6 is 0 Å². The smallest absolute Gasteiger partial charge is 0.234 e. The molecule has 0 radical (unpaired) electrons. The summed E-state index contributed by atoms with van der Waals surface area (Å²) in [6, 6.07) is 0. The number of ketones is 1. The highest BCUT2D eigenvalue weighted by Gasteiger charge is 2.21. The predicted molar refractivity (Wildman–Crippen MR) is 57.9 cm³/mol. The molecule has 1 atom stereocenters. The molecular formula is C11H18N2O3. The molecule has 0 fully saturated rings. The average molecular weight is 226 g/mol. The van der Waals surface area contributed by atoms with E-state index in [0.29, 0.717) is 18.1 Å². The Morgan fingerprint density at radius 2 is 2.19 bits per heavy atom. The van der Waals surface area contributed by atoms with Crippen molar-refractivity contribution in [1.82, 2.24) is 10.1 Å². The van der Waals surface area contributed by atoms with Crippen molar-refractivity contribution in [1.29, 1.82) is 0 Å². The molecule has 0 aliphatic heterocycles. The predicted octanol–water partition coefficient (Wildman–Crippen LogP) is 1.93. The van der Waals surface area contributed by atoms with Crippen LogP contribution in [-0.2, 0) is 16.0 Å². The van der Waals surface area contributed by atoms with Crippen LogP contribution in [0.15, 0.2) is 4.52 Å². The maximum Gasteiger partial charge on any atom is 0.234 e. The number of Topliss-reactive ketones (excluding diaryl/α,β-unsaturated/α-hetero) is 1. The van der Waals surface area contributed by atoms with Gasteiger partial charge in [-0.05, 0) is 5.92 Å². The van der Waals surface area contributed by atoms with E-state index in [1.165, 1.54) is 0 Å². The van der Waals surface area contributed by atoms with Crippen LogP contribution in [0.2, 0.25) is 0 Å². The number of methoxy groups -OCH3 is 1. The van der Waals surface area contributed by atoms with Crippen molar-refractivity contribution in [2.24, 2.45) is 5.92 Å². The number of nitrogens with zero attached hydrogens (tertiary/aromatic N) is 2. The fourth-order valence-electron chi connectivity index (χ4n) is 1.42. The fourth-order valence-corrected chi connectivity index (χ4v) is 1.42. The zero-order valence-corrected chi connectivity index (χ0v) is 10.2. The third-order valence-electron chi connectivity index (χ3n) is 2.34. The summed E-state index contributed by atoms with van der Waals surface area (Å²) in [4.78, 5) is 15.4. The zero-order chi connectivity index (χ0) is 12.1. The molecule has 0 saturated carbocycles. The lowest BCUT2D eigenvalue weighted by Crippen LogP contribution is -2.11. The molecule has 0 saturated heterocycles. The van der Waals surface area contributed by atoms with E-state index in [4.69, 9.17) is 9.26 Å². The van der Waals surface area contributed by atoms with Gasteiger partial charge in [-0.3, -0.25) is 4.79 Å². The first-order chi connectivity index (χ1) is 7.58. The van der Waals surface area contributed by atoms with E-state index < -0.39 is 0 Å². The first-order valence-electron chi connectivity index (χ1n) is 5.45. The number of hydrogen-bond acceptors (Lipinski definition) is 5. The molecule has 5 nitrogen and oxygen atoms in total. The molecule has 1 aromatic rings. The van der Waals surface area contributed by atoms with Gasteiger partial charge in [-0.2, -0.15) is 4.98 Å². The SMILES string of the molecule is CCC(=O)Cc1nc(C(OC)C(C)C)no1. The summed E-state index contributed by atoms with van der Waals surface area (Å²) < 4.78 is 10.3. The van der Waals surface area contributed by atoms with Crippen LogP contribution in [0.5, 0.6) is 0 Å². The summed E-state index contributed by atoms with van der Waals surface area (Å²) >= 11 is 0. The second kappa shape index (κ2) is 5.75. The molecule has 1 heterocycles. The van der Waals surface area contributed by atoms with Gasteiger partial charge < -0.3 is 9.26 Å². The Balaban J connectivity index is 2.73. The van der Waals surface area contributed by atoms with Gasteiger partial charge in [-0.25, -0.2) is 0 Å². The normalized spacial score (nSPS) is 13.1. The van der Waals surface area contributed by atoms with Crippen molar-refractivity contribution >= 4 is 5.78 Å². The van der Waals surface area contributed by atoms with E-state index in [1.54, 1.807) is 7.11 Å². The fraction of sp³-hybridized carbons (Fsp3) is 0.727. The van der Waals surface area contributed by atoms with Crippen LogP contribution in [0.25, 0.3) is 0 Å². The largest absolute Gasteiger partial charge is 0.373 e. The second-order valence-electron chi connectivity index (χ2n) is 4.02. The van der Waals surface area contributed by atoms with Crippen LogP contribution in [0, 0.1) is 5.92 Å². The number of ether oxygens (including phenoxy) is 1. The van der Waals surface area contributed by atoms with E-state index in [-0.39, 0.29) is 24.2 Å². The van der Waals surface area contributed by atoms with E-state index >= 15 is 0 Å². The topological polar surface area (TPSA) is 65.2 Å². The van der Waals surface area contributed by atoms with Crippen LogP contribution in [-0.4, -0.2) is 23.0 Å².